The molecule has 1 aliphatic rings. The molecule has 0 aliphatic heterocycles. The quantitative estimate of drug-likeness (QED) is 0.158. The second-order valence-electron chi connectivity index (χ2n) is 13.9. The van der Waals surface area contributed by atoms with Gasteiger partial charge in [0, 0.05) is 67.1 Å². The van der Waals surface area contributed by atoms with Crippen LogP contribution in [0.5, 0.6) is 0 Å². The van der Waals surface area contributed by atoms with E-state index in [0.717, 1.165) is 83.3 Å². The molecule has 4 nitrogen and oxygen atoms in total. The fraction of sp³-hybridized carbons (Fsp3) is 0.0400. The maximum absolute atomic E-state index is 8.32. The number of benzene rings is 7. The minimum absolute atomic E-state index is 0. The van der Waals surface area contributed by atoms with Crippen molar-refractivity contribution in [3.8, 4) is 33.8 Å². The van der Waals surface area contributed by atoms with Gasteiger partial charge in [0.2, 0.25) is 0 Å². The van der Waals surface area contributed by atoms with Gasteiger partial charge in [-0.25, -0.2) is 14.1 Å². The van der Waals surface area contributed by atoms with Crippen molar-refractivity contribution in [2.75, 3.05) is 0 Å². The molecule has 55 heavy (non-hydrogen) atoms. The molecule has 3 heterocycles. The molecule has 264 valence electrons. The Hall–Kier alpha value is -6.35. The molecule has 11 rings (SSSR count). The van der Waals surface area contributed by atoms with Crippen LogP contribution in [0.3, 0.4) is 0 Å². The average molecular weight is 888 g/mol. The zero-order valence-corrected chi connectivity index (χ0v) is 31.7. The Bertz CT molecular complexity index is 3150. The fourth-order valence-corrected chi connectivity index (χ4v) is 8.78. The number of pyridine rings is 1. The maximum atomic E-state index is 8.32. The molecule has 0 radical (unpaired) electrons. The van der Waals surface area contributed by atoms with Gasteiger partial charge in [-0.05, 0) is 69.1 Å². The summed E-state index contributed by atoms with van der Waals surface area (Å²) < 4.78 is 30.5. The molecule has 5 heteroatoms. The van der Waals surface area contributed by atoms with Gasteiger partial charge < -0.3 is 4.57 Å². The Morgan fingerprint density at radius 2 is 1.25 bits per heavy atom. The minimum Gasteiger partial charge on any atom is -0.319 e. The van der Waals surface area contributed by atoms with Crippen molar-refractivity contribution in [1.29, 1.82) is 0 Å². The van der Waals surface area contributed by atoms with Crippen molar-refractivity contribution in [1.82, 2.24) is 18.7 Å². The van der Waals surface area contributed by atoms with Crippen molar-refractivity contribution in [3.05, 3.63) is 217 Å². The number of nitrogens with zero attached hydrogens (tertiary/aromatic N) is 4. The van der Waals surface area contributed by atoms with E-state index in [1.807, 2.05) is 47.2 Å². The maximum Gasteiger partial charge on any atom is 0.188 e. The summed E-state index contributed by atoms with van der Waals surface area (Å²) in [6.07, 6.45) is 3.55. The largest absolute Gasteiger partial charge is 0.319 e. The van der Waals surface area contributed by atoms with Crippen LogP contribution in [0.1, 0.15) is 26.4 Å². The van der Waals surface area contributed by atoms with Crippen LogP contribution in [0.2, 0.25) is 0 Å². The summed E-state index contributed by atoms with van der Waals surface area (Å²) in [4.78, 5) is 4.96. The molecule has 0 bridgehead atoms. The summed E-state index contributed by atoms with van der Waals surface area (Å²) in [5.74, 6) is 0.813. The first-order chi connectivity index (χ1) is 27.9. The minimum atomic E-state index is -2.36. The first-order valence-corrected chi connectivity index (χ1v) is 18.1. The summed E-state index contributed by atoms with van der Waals surface area (Å²) in [7, 11) is 0. The van der Waals surface area contributed by atoms with Gasteiger partial charge in [-0.2, -0.15) is 30.3 Å². The van der Waals surface area contributed by atoms with Crippen molar-refractivity contribution in [3.63, 3.8) is 0 Å². The number of hydrogen-bond acceptors (Lipinski definition) is 1. The third-order valence-electron chi connectivity index (χ3n) is 11.1. The standard InChI is InChI=1S/C50H33N4.Pt/c1-52-33-53(47-25-12-11-24-46(47)52)38-17-13-16-36(31-38)50(43-21-8-5-18-39(43)40-19-6-9-22-44(40)50)37-26-27-42-41-20-7-10-23-45(41)54(48(42)32-37)49-30-35(28-29-51-49)34-14-3-2-4-15-34;/h2-30,33H,1H3;/q-1;/i1D3;. The zero-order chi connectivity index (χ0) is 38.3. The first-order valence-electron chi connectivity index (χ1n) is 19.6. The molecule has 0 saturated carbocycles. The monoisotopic (exact) mass is 887 g/mol. The molecule has 3 aromatic heterocycles. The Balaban J connectivity index is 0.00000408. The molecule has 0 amide bonds. The van der Waals surface area contributed by atoms with Gasteiger partial charge in [-0.15, -0.1) is 22.6 Å². The van der Waals surface area contributed by atoms with Crippen LogP contribution in [0.15, 0.2) is 182 Å². The second-order valence-corrected chi connectivity index (χ2v) is 13.9. The van der Waals surface area contributed by atoms with Crippen LogP contribution < -0.4 is 0 Å². The van der Waals surface area contributed by atoms with Crippen LogP contribution in [0, 0.1) is 12.1 Å². The van der Waals surface area contributed by atoms with Crippen LogP contribution in [0.4, 0.5) is 0 Å². The fourth-order valence-electron chi connectivity index (χ4n) is 8.78. The van der Waals surface area contributed by atoms with E-state index in [9.17, 15) is 0 Å². The molecule has 0 spiro atoms. The van der Waals surface area contributed by atoms with Crippen LogP contribution in [-0.4, -0.2) is 18.7 Å². The van der Waals surface area contributed by atoms with E-state index in [1.165, 1.54) is 4.57 Å². The van der Waals surface area contributed by atoms with Crippen molar-refractivity contribution in [2.45, 2.75) is 5.41 Å². The van der Waals surface area contributed by atoms with E-state index in [-0.39, 0.29) is 21.1 Å². The van der Waals surface area contributed by atoms with E-state index in [1.54, 1.807) is 6.33 Å². The molecule has 0 fully saturated rings. The van der Waals surface area contributed by atoms with Crippen molar-refractivity contribution in [2.24, 2.45) is 6.98 Å². The molecule has 1 aliphatic carbocycles. The number of fused-ring (bicyclic) bond motifs is 7. The Kier molecular flexibility index (Phi) is 7.04. The molecule has 0 atom stereocenters. The third-order valence-corrected chi connectivity index (χ3v) is 11.1. The van der Waals surface area contributed by atoms with Crippen molar-refractivity contribution >= 4 is 32.8 Å². The van der Waals surface area contributed by atoms with E-state index in [4.69, 9.17) is 9.10 Å². The van der Waals surface area contributed by atoms with Crippen LogP contribution in [-0.2, 0) is 33.5 Å². The number of imidazole rings is 1. The number of rotatable bonds is 5. The summed E-state index contributed by atoms with van der Waals surface area (Å²) >= 11 is 0. The smallest absolute Gasteiger partial charge is 0.188 e. The average Bonchev–Trinajstić information content (AvgIpc) is 3.91. The first kappa shape index (κ1) is 30.0. The second kappa shape index (κ2) is 12.9. The summed E-state index contributed by atoms with van der Waals surface area (Å²) in [5.41, 5.74) is 12.0. The van der Waals surface area contributed by atoms with Crippen LogP contribution in [0.25, 0.3) is 66.6 Å². The van der Waals surface area contributed by atoms with E-state index < -0.39 is 12.4 Å². The summed E-state index contributed by atoms with van der Waals surface area (Å²) in [6, 6.07) is 66.5. The SMILES string of the molecule is [2H]C([2H])([2H])n1[cH+]n(-c2[c-]c(C3(c4[c-]c5c(cc4)c4ccccc4n5-c4cc(-c5ccccc5)ccn4)c4ccccc4-c4ccccc43)ccc2)c2ccccc21.[Pt]. The van der Waals surface area contributed by atoms with E-state index in [0.29, 0.717) is 5.52 Å². The van der Waals surface area contributed by atoms with Crippen LogP contribution >= 0.6 is 0 Å². The molecule has 0 unspecified atom stereocenters. The van der Waals surface area contributed by atoms with Gasteiger partial charge >= 0.3 is 0 Å². The number of aryl methyl sites for hydroxylation is 1. The molecular weight excluding hydrogens is 852 g/mol. The topological polar surface area (TPSA) is 27.7 Å². The molecular formula is C50H33N4Pt-. The summed E-state index contributed by atoms with van der Waals surface area (Å²) in [5, 5.41) is 2.21. The number of aromatic nitrogens is 4. The van der Waals surface area contributed by atoms with Gasteiger partial charge in [-0.1, -0.05) is 109 Å². The zero-order valence-electron chi connectivity index (χ0n) is 32.4. The summed E-state index contributed by atoms with van der Waals surface area (Å²) in [6.45, 7) is -2.36. The predicted octanol–water partition coefficient (Wildman–Crippen LogP) is 11.4. The molecule has 0 saturated heterocycles. The number of hydrogen-bond donors (Lipinski definition) is 0. The predicted molar refractivity (Wildman–Crippen MR) is 219 cm³/mol. The Morgan fingerprint density at radius 3 is 2.04 bits per heavy atom. The van der Waals surface area contributed by atoms with Gasteiger partial charge in [-0.3, -0.25) is 0 Å². The third kappa shape index (κ3) is 4.88. The van der Waals surface area contributed by atoms with Gasteiger partial charge in [0.1, 0.15) is 5.82 Å². The number of para-hydroxylation sites is 3. The Morgan fingerprint density at radius 1 is 0.582 bits per heavy atom. The van der Waals surface area contributed by atoms with Crippen molar-refractivity contribution < 1.29 is 25.2 Å². The Labute approximate surface area is 338 Å². The van der Waals surface area contributed by atoms with Gasteiger partial charge in [0.05, 0.1) is 0 Å². The van der Waals surface area contributed by atoms with E-state index >= 15 is 0 Å². The molecule has 7 aromatic carbocycles. The molecule has 0 N–H and O–H groups in total. The molecule has 10 aromatic rings. The van der Waals surface area contributed by atoms with E-state index in [2.05, 4.69) is 150 Å². The van der Waals surface area contributed by atoms with Gasteiger partial charge in [0.15, 0.2) is 17.4 Å². The van der Waals surface area contributed by atoms with Gasteiger partial charge in [0.25, 0.3) is 0 Å². The normalized spacial score (nSPS) is 13.9.